The second-order valence-corrected chi connectivity index (χ2v) is 5.98. The van der Waals surface area contributed by atoms with Gasteiger partial charge in [-0.05, 0) is 36.8 Å². The van der Waals surface area contributed by atoms with Gasteiger partial charge in [-0.3, -0.25) is 9.36 Å². The lowest BCUT2D eigenvalue weighted by molar-refractivity contribution is 0.355. The van der Waals surface area contributed by atoms with Crippen LogP contribution in [0.3, 0.4) is 0 Å². The third-order valence-corrected chi connectivity index (χ3v) is 4.30. The van der Waals surface area contributed by atoms with Crippen LogP contribution in [0.15, 0.2) is 41.2 Å². The zero-order chi connectivity index (χ0) is 18.7. The molecule has 1 heterocycles. The van der Waals surface area contributed by atoms with Crippen LogP contribution in [-0.2, 0) is 6.54 Å². The summed E-state index contributed by atoms with van der Waals surface area (Å²) < 4.78 is 25.6. The van der Waals surface area contributed by atoms with Gasteiger partial charge in [0.15, 0.2) is 11.5 Å². The van der Waals surface area contributed by atoms with E-state index >= 15 is 0 Å². The molecule has 0 radical (unpaired) electrons. The molecule has 0 aliphatic carbocycles. The van der Waals surface area contributed by atoms with E-state index in [1.807, 2.05) is 0 Å². The fourth-order valence-electron chi connectivity index (χ4n) is 2.89. The van der Waals surface area contributed by atoms with E-state index in [4.69, 9.17) is 9.47 Å². The first-order valence-electron chi connectivity index (χ1n) is 8.51. The zero-order valence-corrected chi connectivity index (χ0v) is 15.1. The van der Waals surface area contributed by atoms with Gasteiger partial charge in [-0.15, -0.1) is 0 Å². The van der Waals surface area contributed by atoms with Crippen molar-refractivity contribution in [2.24, 2.45) is 0 Å². The molecule has 3 aromatic rings. The van der Waals surface area contributed by atoms with Crippen molar-refractivity contribution in [1.29, 1.82) is 0 Å². The molecule has 1 aromatic heterocycles. The van der Waals surface area contributed by atoms with Crippen LogP contribution < -0.4 is 15.0 Å². The van der Waals surface area contributed by atoms with E-state index in [1.54, 1.807) is 28.8 Å². The number of fused-ring (bicyclic) bond motifs is 1. The second kappa shape index (κ2) is 7.56. The van der Waals surface area contributed by atoms with Crippen LogP contribution in [0.1, 0.15) is 19.8 Å². The molecule has 0 unspecified atom stereocenters. The van der Waals surface area contributed by atoms with Crippen LogP contribution in [0.4, 0.5) is 4.39 Å². The van der Waals surface area contributed by atoms with Crippen LogP contribution in [0, 0.1) is 5.82 Å². The summed E-state index contributed by atoms with van der Waals surface area (Å²) in [6.07, 6.45) is 1.79. The predicted octanol–water partition coefficient (Wildman–Crippen LogP) is 4.02. The first-order chi connectivity index (χ1) is 12.6. The average molecular weight is 356 g/mol. The number of hydrogen-bond donors (Lipinski definition) is 0. The predicted molar refractivity (Wildman–Crippen MR) is 99.4 cm³/mol. The maximum atomic E-state index is 13.3. The van der Waals surface area contributed by atoms with Gasteiger partial charge in [-0.25, -0.2) is 9.37 Å². The van der Waals surface area contributed by atoms with Crippen LogP contribution in [0.5, 0.6) is 11.5 Å². The molecule has 0 saturated carbocycles. The highest BCUT2D eigenvalue weighted by atomic mass is 19.1. The first kappa shape index (κ1) is 17.9. The number of hydrogen-bond acceptors (Lipinski definition) is 4. The van der Waals surface area contributed by atoms with Gasteiger partial charge in [-0.1, -0.05) is 13.3 Å². The minimum Gasteiger partial charge on any atom is -0.493 e. The summed E-state index contributed by atoms with van der Waals surface area (Å²) >= 11 is 0. The Hall–Kier alpha value is -2.89. The Bertz CT molecular complexity index is 981. The molecule has 6 heteroatoms. The van der Waals surface area contributed by atoms with Gasteiger partial charge in [0.05, 0.1) is 25.1 Å². The first-order valence-corrected chi connectivity index (χ1v) is 8.51. The lowest BCUT2D eigenvalue weighted by Crippen LogP contribution is -2.23. The van der Waals surface area contributed by atoms with Crippen molar-refractivity contribution in [1.82, 2.24) is 9.55 Å². The Labute approximate surface area is 151 Å². The maximum Gasteiger partial charge on any atom is 0.261 e. The summed E-state index contributed by atoms with van der Waals surface area (Å²) in [5.74, 6) is 1.17. The van der Waals surface area contributed by atoms with Crippen LogP contribution in [0.2, 0.25) is 0 Å². The quantitative estimate of drug-likeness (QED) is 0.669. The maximum absolute atomic E-state index is 13.3. The third kappa shape index (κ3) is 3.27. The molecule has 0 saturated heterocycles. The second-order valence-electron chi connectivity index (χ2n) is 5.98. The standard InChI is InChI=1S/C20H21FN2O3/c1-4-5-10-23-19(13-6-8-14(21)9-7-13)22-16-12-18(26-3)17(25-2)11-15(16)20(23)24/h6-9,11-12H,4-5,10H2,1-3H3. The fourth-order valence-corrected chi connectivity index (χ4v) is 2.89. The van der Waals surface area contributed by atoms with Crippen molar-refractivity contribution in [3.05, 3.63) is 52.6 Å². The molecular formula is C20H21FN2O3. The lowest BCUT2D eigenvalue weighted by Gasteiger charge is -2.15. The summed E-state index contributed by atoms with van der Waals surface area (Å²) in [5, 5.41) is 0.463. The van der Waals surface area contributed by atoms with Crippen LogP contribution >= 0.6 is 0 Å². The molecule has 0 bridgehead atoms. The summed E-state index contributed by atoms with van der Waals surface area (Å²) in [6.45, 7) is 2.60. The molecule has 0 spiro atoms. The van der Waals surface area contributed by atoms with Gasteiger partial charge >= 0.3 is 0 Å². The summed E-state index contributed by atoms with van der Waals surface area (Å²) in [5.41, 5.74) is 1.06. The van der Waals surface area contributed by atoms with Crippen molar-refractivity contribution in [2.75, 3.05) is 14.2 Å². The Morgan fingerprint density at radius 2 is 1.73 bits per heavy atom. The normalized spacial score (nSPS) is 10.9. The minimum absolute atomic E-state index is 0.149. The van der Waals surface area contributed by atoms with Gasteiger partial charge in [0.1, 0.15) is 11.6 Å². The van der Waals surface area contributed by atoms with Gasteiger partial charge in [0.25, 0.3) is 5.56 Å². The van der Waals surface area contributed by atoms with Gasteiger partial charge in [-0.2, -0.15) is 0 Å². The molecule has 5 nitrogen and oxygen atoms in total. The van der Waals surface area contributed by atoms with E-state index in [-0.39, 0.29) is 11.4 Å². The Morgan fingerprint density at radius 1 is 1.08 bits per heavy atom. The average Bonchev–Trinajstić information content (AvgIpc) is 2.66. The Morgan fingerprint density at radius 3 is 2.35 bits per heavy atom. The third-order valence-electron chi connectivity index (χ3n) is 4.30. The SMILES string of the molecule is CCCCn1c(-c2ccc(F)cc2)nc2cc(OC)c(OC)cc2c1=O. The molecule has 2 aromatic carbocycles. The largest absolute Gasteiger partial charge is 0.493 e. The van der Waals surface area contributed by atoms with Crippen molar-refractivity contribution < 1.29 is 13.9 Å². The molecule has 0 atom stereocenters. The number of rotatable bonds is 6. The van der Waals surface area contributed by atoms with Gasteiger partial charge in [0, 0.05) is 18.2 Å². The number of ether oxygens (including phenoxy) is 2. The molecule has 0 amide bonds. The Kier molecular flexibility index (Phi) is 5.21. The molecule has 0 N–H and O–H groups in total. The highest BCUT2D eigenvalue weighted by Gasteiger charge is 2.16. The number of methoxy groups -OCH3 is 2. The van der Waals surface area contributed by atoms with E-state index in [0.717, 1.165) is 12.8 Å². The number of nitrogens with zero attached hydrogens (tertiary/aromatic N) is 2. The van der Waals surface area contributed by atoms with Crippen molar-refractivity contribution in [3.8, 4) is 22.9 Å². The summed E-state index contributed by atoms with van der Waals surface area (Å²) in [6, 6.07) is 9.33. The van der Waals surface area contributed by atoms with Gasteiger partial charge < -0.3 is 9.47 Å². The molecule has 3 rings (SSSR count). The smallest absolute Gasteiger partial charge is 0.261 e. The molecule has 26 heavy (non-hydrogen) atoms. The fraction of sp³-hybridized carbons (Fsp3) is 0.300. The zero-order valence-electron chi connectivity index (χ0n) is 15.1. The molecule has 0 aliphatic heterocycles. The van der Waals surface area contributed by atoms with Crippen molar-refractivity contribution in [3.63, 3.8) is 0 Å². The Balaban J connectivity index is 2.30. The van der Waals surface area contributed by atoms with E-state index < -0.39 is 0 Å². The number of unbranched alkanes of at least 4 members (excludes halogenated alkanes) is 1. The van der Waals surface area contributed by atoms with Crippen LogP contribution in [-0.4, -0.2) is 23.8 Å². The number of halogens is 1. The monoisotopic (exact) mass is 356 g/mol. The number of benzene rings is 2. The van der Waals surface area contributed by atoms with E-state index in [1.165, 1.54) is 26.4 Å². The highest BCUT2D eigenvalue weighted by Crippen LogP contribution is 2.31. The van der Waals surface area contributed by atoms with E-state index in [0.29, 0.717) is 40.3 Å². The summed E-state index contributed by atoms with van der Waals surface area (Å²) in [4.78, 5) is 17.8. The molecule has 0 aliphatic rings. The topological polar surface area (TPSA) is 53.4 Å². The van der Waals surface area contributed by atoms with Crippen molar-refractivity contribution >= 4 is 10.9 Å². The van der Waals surface area contributed by atoms with Crippen LogP contribution in [0.25, 0.3) is 22.3 Å². The van der Waals surface area contributed by atoms with E-state index in [2.05, 4.69) is 11.9 Å². The summed E-state index contributed by atoms with van der Waals surface area (Å²) in [7, 11) is 3.06. The van der Waals surface area contributed by atoms with Crippen molar-refractivity contribution in [2.45, 2.75) is 26.3 Å². The molecular weight excluding hydrogens is 335 g/mol. The van der Waals surface area contributed by atoms with E-state index in [9.17, 15) is 9.18 Å². The molecule has 136 valence electrons. The highest BCUT2D eigenvalue weighted by molar-refractivity contribution is 5.83. The van der Waals surface area contributed by atoms with Gasteiger partial charge in [0.2, 0.25) is 0 Å². The minimum atomic E-state index is -0.330. The lowest BCUT2D eigenvalue weighted by atomic mass is 10.1. The molecule has 0 fully saturated rings. The number of aromatic nitrogens is 2.